The van der Waals surface area contributed by atoms with Crippen molar-refractivity contribution in [2.45, 2.75) is 39.4 Å². The first-order valence-corrected chi connectivity index (χ1v) is 10.2. The Morgan fingerprint density at radius 3 is 2.61 bits per heavy atom. The van der Waals surface area contributed by atoms with E-state index in [9.17, 15) is 9.18 Å². The summed E-state index contributed by atoms with van der Waals surface area (Å²) in [6, 6.07) is 7.72. The zero-order chi connectivity index (χ0) is 22.7. The third-order valence-corrected chi connectivity index (χ3v) is 5.43. The second-order valence-corrected chi connectivity index (χ2v) is 7.91. The summed E-state index contributed by atoms with van der Waals surface area (Å²) < 4.78 is 19.1. The fourth-order valence-electron chi connectivity index (χ4n) is 3.38. The molecule has 3 rings (SSSR count). The lowest BCUT2D eigenvalue weighted by molar-refractivity contribution is -0.123. The number of fused-ring (bicyclic) bond motifs is 1. The standard InChI is InChI=1S/C22H25ClFN5O2/c1-12(2)29(13(3)21(25)30)10-14-7-16-19(9-20(14)31-4)26-11-27-22(16)28-15-5-6-18(24)17(23)8-15/h5-9,11-13H,10H2,1-4H3,(H2,25,30)(H,26,27,28)/t13-/m0/s1. The number of nitrogens with two attached hydrogens (primary N) is 1. The van der Waals surface area contributed by atoms with Gasteiger partial charge >= 0.3 is 0 Å². The van der Waals surface area contributed by atoms with Gasteiger partial charge < -0.3 is 15.8 Å². The van der Waals surface area contributed by atoms with Crippen molar-refractivity contribution in [1.29, 1.82) is 0 Å². The molecule has 1 atom stereocenters. The summed E-state index contributed by atoms with van der Waals surface area (Å²) in [4.78, 5) is 22.5. The summed E-state index contributed by atoms with van der Waals surface area (Å²) in [6.45, 7) is 6.23. The molecule has 0 spiro atoms. The Kier molecular flexibility index (Phi) is 6.92. The van der Waals surface area contributed by atoms with E-state index in [1.165, 1.54) is 18.5 Å². The Labute approximate surface area is 185 Å². The summed E-state index contributed by atoms with van der Waals surface area (Å²) >= 11 is 5.90. The van der Waals surface area contributed by atoms with Crippen molar-refractivity contribution in [1.82, 2.24) is 14.9 Å². The summed E-state index contributed by atoms with van der Waals surface area (Å²) in [5.41, 5.74) is 7.66. The predicted octanol–water partition coefficient (Wildman–Crippen LogP) is 4.26. The molecule has 0 aliphatic heterocycles. The largest absolute Gasteiger partial charge is 0.496 e. The van der Waals surface area contributed by atoms with Gasteiger partial charge in [0.1, 0.15) is 23.7 Å². The quantitative estimate of drug-likeness (QED) is 0.538. The van der Waals surface area contributed by atoms with E-state index in [4.69, 9.17) is 22.1 Å². The zero-order valence-corrected chi connectivity index (χ0v) is 18.6. The number of aromatic nitrogens is 2. The highest BCUT2D eigenvalue weighted by molar-refractivity contribution is 6.31. The average Bonchev–Trinajstić information content (AvgIpc) is 2.73. The Bertz CT molecular complexity index is 1110. The highest BCUT2D eigenvalue weighted by Gasteiger charge is 2.23. The van der Waals surface area contributed by atoms with Gasteiger partial charge in [0.05, 0.1) is 23.7 Å². The highest BCUT2D eigenvalue weighted by Crippen LogP contribution is 2.32. The van der Waals surface area contributed by atoms with Gasteiger partial charge in [-0.1, -0.05) is 11.6 Å². The van der Waals surface area contributed by atoms with Gasteiger partial charge in [-0.2, -0.15) is 0 Å². The number of rotatable bonds is 8. The van der Waals surface area contributed by atoms with Crippen molar-refractivity contribution >= 4 is 39.9 Å². The van der Waals surface area contributed by atoms with E-state index in [-0.39, 0.29) is 11.1 Å². The number of anilines is 2. The predicted molar refractivity (Wildman–Crippen MR) is 120 cm³/mol. The number of amides is 1. The molecule has 1 amide bonds. The fraction of sp³-hybridized carbons (Fsp3) is 0.318. The topological polar surface area (TPSA) is 93.4 Å². The van der Waals surface area contributed by atoms with Crippen molar-refractivity contribution in [2.24, 2.45) is 5.73 Å². The van der Waals surface area contributed by atoms with Crippen LogP contribution in [0.1, 0.15) is 26.3 Å². The number of nitrogens with one attached hydrogen (secondary N) is 1. The molecule has 0 saturated carbocycles. The van der Waals surface area contributed by atoms with E-state index in [1.54, 1.807) is 20.1 Å². The van der Waals surface area contributed by atoms with Gasteiger partial charge in [-0.15, -0.1) is 0 Å². The van der Waals surface area contributed by atoms with E-state index in [0.717, 1.165) is 10.9 Å². The van der Waals surface area contributed by atoms with Gasteiger partial charge in [-0.25, -0.2) is 14.4 Å². The first-order chi connectivity index (χ1) is 14.7. The number of carbonyl (C=O) groups excluding carboxylic acids is 1. The van der Waals surface area contributed by atoms with Crippen molar-refractivity contribution in [2.75, 3.05) is 12.4 Å². The van der Waals surface area contributed by atoms with Crippen LogP contribution in [0.25, 0.3) is 10.9 Å². The third kappa shape index (κ3) is 5.03. The van der Waals surface area contributed by atoms with Gasteiger partial charge in [-0.3, -0.25) is 9.69 Å². The SMILES string of the molecule is COc1cc2ncnc(Nc3ccc(F)c(Cl)c3)c2cc1CN(C(C)C)[C@@H](C)C(N)=O. The Morgan fingerprint density at radius 1 is 1.26 bits per heavy atom. The minimum atomic E-state index is -0.496. The molecule has 3 N–H and O–H groups in total. The van der Waals surface area contributed by atoms with Crippen molar-refractivity contribution in [3.63, 3.8) is 0 Å². The van der Waals surface area contributed by atoms with Crippen molar-refractivity contribution in [3.05, 3.63) is 53.1 Å². The van der Waals surface area contributed by atoms with Crippen LogP contribution in [0.15, 0.2) is 36.7 Å². The van der Waals surface area contributed by atoms with Crippen LogP contribution >= 0.6 is 11.6 Å². The Hall–Kier alpha value is -2.97. The molecule has 31 heavy (non-hydrogen) atoms. The van der Waals surface area contributed by atoms with Crippen LogP contribution in [-0.2, 0) is 11.3 Å². The van der Waals surface area contributed by atoms with E-state index >= 15 is 0 Å². The van der Waals surface area contributed by atoms with Crippen LogP contribution in [0.3, 0.4) is 0 Å². The molecule has 0 unspecified atom stereocenters. The van der Waals surface area contributed by atoms with Gasteiger partial charge in [-0.05, 0) is 45.0 Å². The maximum absolute atomic E-state index is 13.5. The molecule has 0 aliphatic carbocycles. The molecule has 0 aliphatic rings. The summed E-state index contributed by atoms with van der Waals surface area (Å²) in [5, 5.41) is 3.92. The van der Waals surface area contributed by atoms with Gasteiger partial charge in [0.25, 0.3) is 0 Å². The van der Waals surface area contributed by atoms with Crippen LogP contribution in [0, 0.1) is 5.82 Å². The minimum Gasteiger partial charge on any atom is -0.496 e. The molecule has 0 radical (unpaired) electrons. The van der Waals surface area contributed by atoms with Crippen LogP contribution in [-0.4, -0.2) is 40.0 Å². The second-order valence-electron chi connectivity index (χ2n) is 7.50. The monoisotopic (exact) mass is 445 g/mol. The minimum absolute atomic E-state index is 0.0127. The van der Waals surface area contributed by atoms with E-state index < -0.39 is 17.8 Å². The number of ether oxygens (including phenoxy) is 1. The molecule has 3 aromatic rings. The Balaban J connectivity index is 2.05. The van der Waals surface area contributed by atoms with Gasteiger partial charge in [0.15, 0.2) is 0 Å². The molecule has 0 saturated heterocycles. The van der Waals surface area contributed by atoms with E-state index in [1.807, 2.05) is 30.9 Å². The Morgan fingerprint density at radius 2 is 2.00 bits per heavy atom. The van der Waals surface area contributed by atoms with E-state index in [0.29, 0.717) is 29.3 Å². The highest BCUT2D eigenvalue weighted by atomic mass is 35.5. The zero-order valence-electron chi connectivity index (χ0n) is 17.8. The lowest BCUT2D eigenvalue weighted by Crippen LogP contribution is -2.45. The molecule has 1 heterocycles. The molecule has 0 fully saturated rings. The number of carbonyl (C=O) groups is 1. The number of primary amides is 1. The first-order valence-electron chi connectivity index (χ1n) is 9.80. The van der Waals surface area contributed by atoms with Gasteiger partial charge in [0, 0.05) is 35.3 Å². The fourth-order valence-corrected chi connectivity index (χ4v) is 3.56. The molecular formula is C22H25ClFN5O2. The molecule has 1 aromatic heterocycles. The lowest BCUT2D eigenvalue weighted by Gasteiger charge is -2.31. The maximum atomic E-state index is 13.5. The molecule has 7 nitrogen and oxygen atoms in total. The van der Waals surface area contributed by atoms with Gasteiger partial charge in [0.2, 0.25) is 5.91 Å². The molecule has 0 bridgehead atoms. The lowest BCUT2D eigenvalue weighted by atomic mass is 10.1. The number of halogens is 2. The smallest absolute Gasteiger partial charge is 0.234 e. The number of nitrogens with zero attached hydrogens (tertiary/aromatic N) is 3. The van der Waals surface area contributed by atoms with Crippen LogP contribution in [0.4, 0.5) is 15.9 Å². The maximum Gasteiger partial charge on any atom is 0.234 e. The normalized spacial score (nSPS) is 12.4. The second kappa shape index (κ2) is 9.45. The first kappa shape index (κ1) is 22.7. The molecule has 164 valence electrons. The molecule has 2 aromatic carbocycles. The number of hydrogen-bond acceptors (Lipinski definition) is 6. The number of benzene rings is 2. The molecular weight excluding hydrogens is 421 g/mol. The summed E-state index contributed by atoms with van der Waals surface area (Å²) in [5.74, 6) is 0.288. The number of methoxy groups -OCH3 is 1. The molecule has 9 heteroatoms. The summed E-state index contributed by atoms with van der Waals surface area (Å²) in [7, 11) is 1.59. The summed E-state index contributed by atoms with van der Waals surface area (Å²) in [6.07, 6.45) is 1.44. The van der Waals surface area contributed by atoms with Crippen LogP contribution < -0.4 is 15.8 Å². The van der Waals surface area contributed by atoms with E-state index in [2.05, 4.69) is 15.3 Å². The van der Waals surface area contributed by atoms with Crippen LogP contribution in [0.5, 0.6) is 5.75 Å². The van der Waals surface area contributed by atoms with Crippen molar-refractivity contribution in [3.8, 4) is 5.75 Å². The average molecular weight is 446 g/mol. The van der Waals surface area contributed by atoms with Crippen molar-refractivity contribution < 1.29 is 13.9 Å². The van der Waals surface area contributed by atoms with Crippen LogP contribution in [0.2, 0.25) is 5.02 Å². The third-order valence-electron chi connectivity index (χ3n) is 5.15. The number of hydrogen-bond donors (Lipinski definition) is 2.